The fourth-order valence-electron chi connectivity index (χ4n) is 3.02. The molecule has 0 aromatic heterocycles. The highest BCUT2D eigenvalue weighted by Crippen LogP contribution is 2.41. The van der Waals surface area contributed by atoms with Crippen molar-refractivity contribution in [3.8, 4) is 0 Å². The Morgan fingerprint density at radius 1 is 1.27 bits per heavy atom. The highest BCUT2D eigenvalue weighted by molar-refractivity contribution is 7.98. The molecule has 2 aromatic carbocycles. The number of fused-ring (bicyclic) bond motifs is 1. The number of halogens is 1. The van der Waals surface area contributed by atoms with Crippen molar-refractivity contribution in [2.24, 2.45) is 0 Å². The number of hydrogen-bond donors (Lipinski definition) is 1. The summed E-state index contributed by atoms with van der Waals surface area (Å²) in [6.07, 6.45) is 1.72. The lowest BCUT2D eigenvalue weighted by Crippen LogP contribution is -2.03. The van der Waals surface area contributed by atoms with Crippen LogP contribution in [0.25, 0.3) is 0 Å². The summed E-state index contributed by atoms with van der Waals surface area (Å²) in [5, 5.41) is 8.99. The molecule has 1 aliphatic carbocycles. The maximum Gasteiger partial charge on any atom is 0.303 e. The van der Waals surface area contributed by atoms with E-state index < -0.39 is 5.97 Å². The molecule has 0 spiro atoms. The molecule has 2 aromatic rings. The Labute approximate surface area is 133 Å². The van der Waals surface area contributed by atoms with E-state index >= 15 is 0 Å². The number of benzene rings is 2. The summed E-state index contributed by atoms with van der Waals surface area (Å²) in [4.78, 5) is 11.9. The summed E-state index contributed by atoms with van der Waals surface area (Å²) in [7, 11) is 0. The summed E-state index contributed by atoms with van der Waals surface area (Å²) in [5.41, 5.74) is 3.22. The average Bonchev–Trinajstić information content (AvgIpc) is 2.88. The Hall–Kier alpha value is -1.81. The normalized spacial score (nSPS) is 16.5. The van der Waals surface area contributed by atoms with E-state index in [4.69, 9.17) is 5.11 Å². The van der Waals surface area contributed by atoms with Gasteiger partial charge in [-0.3, -0.25) is 4.79 Å². The molecule has 0 heterocycles. The third-order valence-corrected chi connectivity index (χ3v) is 5.20. The van der Waals surface area contributed by atoms with E-state index in [0.717, 1.165) is 34.6 Å². The van der Waals surface area contributed by atoms with Crippen molar-refractivity contribution in [1.82, 2.24) is 0 Å². The molecular formula is C18H17FO2S. The lowest BCUT2D eigenvalue weighted by atomic mass is 9.98. The molecule has 0 bridgehead atoms. The molecular weight excluding hydrogens is 299 g/mol. The summed E-state index contributed by atoms with van der Waals surface area (Å²) in [6.45, 7) is 0. The van der Waals surface area contributed by atoms with Crippen LogP contribution in [0.15, 0.2) is 47.4 Å². The van der Waals surface area contributed by atoms with Gasteiger partial charge in [0.2, 0.25) is 0 Å². The minimum atomic E-state index is -0.819. The molecule has 1 atom stereocenters. The Balaban J connectivity index is 1.82. The number of hydrogen-bond acceptors (Lipinski definition) is 2. The summed E-state index contributed by atoms with van der Waals surface area (Å²) in [5.74, 6) is -0.355. The van der Waals surface area contributed by atoms with Crippen molar-refractivity contribution >= 4 is 17.7 Å². The van der Waals surface area contributed by atoms with Gasteiger partial charge in [-0.2, -0.15) is 0 Å². The second kappa shape index (κ2) is 6.53. The second-order valence-electron chi connectivity index (χ2n) is 5.58. The minimum absolute atomic E-state index is 0.0562. The fourth-order valence-corrected chi connectivity index (χ4v) is 4.13. The van der Waals surface area contributed by atoms with E-state index in [9.17, 15) is 9.18 Å². The lowest BCUT2D eigenvalue weighted by molar-refractivity contribution is -0.137. The molecule has 4 heteroatoms. The molecule has 0 aliphatic heterocycles. The van der Waals surface area contributed by atoms with Crippen molar-refractivity contribution in [3.05, 3.63) is 65.0 Å². The van der Waals surface area contributed by atoms with E-state index in [0.29, 0.717) is 0 Å². The summed E-state index contributed by atoms with van der Waals surface area (Å²) in [6, 6.07) is 13.2. The van der Waals surface area contributed by atoms with Crippen LogP contribution < -0.4 is 0 Å². The third-order valence-electron chi connectivity index (χ3n) is 4.05. The zero-order valence-electron chi connectivity index (χ0n) is 12.1. The number of carboxylic acids is 1. The van der Waals surface area contributed by atoms with Gasteiger partial charge >= 0.3 is 5.97 Å². The van der Waals surface area contributed by atoms with Crippen LogP contribution in [0.2, 0.25) is 0 Å². The Morgan fingerprint density at radius 3 is 2.77 bits per heavy atom. The van der Waals surface area contributed by atoms with Crippen molar-refractivity contribution in [1.29, 1.82) is 0 Å². The third kappa shape index (κ3) is 3.33. The van der Waals surface area contributed by atoms with Gasteiger partial charge in [0.25, 0.3) is 0 Å². The van der Waals surface area contributed by atoms with Gasteiger partial charge in [0.15, 0.2) is 0 Å². The zero-order valence-corrected chi connectivity index (χ0v) is 12.9. The number of thioether (sulfide) groups is 1. The highest BCUT2D eigenvalue weighted by atomic mass is 32.2. The van der Waals surface area contributed by atoms with Gasteiger partial charge in [-0.25, -0.2) is 4.39 Å². The predicted octanol–water partition coefficient (Wildman–Crippen LogP) is 4.62. The first-order chi connectivity index (χ1) is 10.6. The molecule has 0 radical (unpaired) electrons. The van der Waals surface area contributed by atoms with E-state index in [1.807, 2.05) is 18.2 Å². The summed E-state index contributed by atoms with van der Waals surface area (Å²) >= 11 is 1.63. The topological polar surface area (TPSA) is 37.3 Å². The van der Waals surface area contributed by atoms with Gasteiger partial charge in [-0.15, -0.1) is 11.8 Å². The van der Waals surface area contributed by atoms with Gasteiger partial charge in [0.1, 0.15) is 5.82 Å². The lowest BCUT2D eigenvalue weighted by Gasteiger charge is -2.12. The van der Waals surface area contributed by atoms with Crippen LogP contribution in [0.5, 0.6) is 0 Å². The van der Waals surface area contributed by atoms with Crippen molar-refractivity contribution in [2.75, 3.05) is 0 Å². The van der Waals surface area contributed by atoms with E-state index in [1.54, 1.807) is 17.8 Å². The Bertz CT molecular complexity index is 685. The number of carboxylic acid groups (broad SMARTS) is 1. The maximum absolute atomic E-state index is 13.9. The van der Waals surface area contributed by atoms with Gasteiger partial charge in [0, 0.05) is 10.6 Å². The monoisotopic (exact) mass is 316 g/mol. The Kier molecular flexibility index (Phi) is 4.48. The predicted molar refractivity (Wildman–Crippen MR) is 85.7 cm³/mol. The smallest absolute Gasteiger partial charge is 0.303 e. The van der Waals surface area contributed by atoms with Crippen LogP contribution in [0, 0.1) is 5.82 Å². The van der Waals surface area contributed by atoms with Crippen LogP contribution in [0.1, 0.15) is 35.4 Å². The number of rotatable bonds is 5. The van der Waals surface area contributed by atoms with Crippen LogP contribution in [-0.4, -0.2) is 11.1 Å². The summed E-state index contributed by atoms with van der Waals surface area (Å²) < 4.78 is 13.9. The van der Waals surface area contributed by atoms with Crippen molar-refractivity contribution in [3.63, 3.8) is 0 Å². The molecule has 3 rings (SSSR count). The van der Waals surface area contributed by atoms with E-state index in [1.165, 1.54) is 11.6 Å². The number of carbonyl (C=O) groups is 1. The quantitative estimate of drug-likeness (QED) is 0.818. The van der Waals surface area contributed by atoms with E-state index in [-0.39, 0.29) is 18.2 Å². The largest absolute Gasteiger partial charge is 0.481 e. The van der Waals surface area contributed by atoms with Gasteiger partial charge in [-0.1, -0.05) is 30.3 Å². The molecule has 0 amide bonds. The van der Waals surface area contributed by atoms with Crippen molar-refractivity contribution < 1.29 is 14.3 Å². The van der Waals surface area contributed by atoms with Gasteiger partial charge in [0.05, 0.1) is 6.42 Å². The first-order valence-electron chi connectivity index (χ1n) is 7.34. The standard InChI is InChI=1S/C18H17FO2S/c19-14-9-16-13(8-18(20)21)6-7-15(16)17(10-14)22-11-12-4-2-1-3-5-12/h1-5,9-10,13H,6-8,11H2,(H,20,21). The molecule has 2 nitrogen and oxygen atoms in total. The molecule has 0 fully saturated rings. The molecule has 0 saturated carbocycles. The second-order valence-corrected chi connectivity index (χ2v) is 6.60. The Morgan fingerprint density at radius 2 is 2.05 bits per heavy atom. The molecule has 1 unspecified atom stereocenters. The van der Waals surface area contributed by atoms with Gasteiger partial charge in [-0.05, 0) is 47.6 Å². The maximum atomic E-state index is 13.9. The molecule has 1 N–H and O–H groups in total. The fraction of sp³-hybridized carbons (Fsp3) is 0.278. The van der Waals surface area contributed by atoms with Crippen LogP contribution >= 0.6 is 11.8 Å². The number of aliphatic carboxylic acids is 1. The average molecular weight is 316 g/mol. The zero-order chi connectivity index (χ0) is 15.5. The highest BCUT2D eigenvalue weighted by Gasteiger charge is 2.27. The molecule has 0 saturated heterocycles. The molecule has 1 aliphatic rings. The van der Waals surface area contributed by atoms with Crippen LogP contribution in [-0.2, 0) is 17.0 Å². The molecule has 22 heavy (non-hydrogen) atoms. The van der Waals surface area contributed by atoms with Crippen LogP contribution in [0.4, 0.5) is 4.39 Å². The first-order valence-corrected chi connectivity index (χ1v) is 8.33. The van der Waals surface area contributed by atoms with Gasteiger partial charge < -0.3 is 5.11 Å². The van der Waals surface area contributed by atoms with Crippen LogP contribution in [0.3, 0.4) is 0 Å². The minimum Gasteiger partial charge on any atom is -0.481 e. The molecule has 114 valence electrons. The SMILES string of the molecule is O=C(O)CC1CCc2c(SCc3ccccc3)cc(F)cc21. The van der Waals surface area contributed by atoms with Crippen molar-refractivity contribution in [2.45, 2.75) is 35.8 Å². The first kappa shape index (κ1) is 15.1. The van der Waals surface area contributed by atoms with E-state index in [2.05, 4.69) is 12.1 Å².